The third-order valence-corrected chi connectivity index (χ3v) is 5.00. The number of phenols is 1. The second kappa shape index (κ2) is 8.93. The molecule has 0 aliphatic carbocycles. The summed E-state index contributed by atoms with van der Waals surface area (Å²) in [5.74, 6) is 1.05. The van der Waals surface area contributed by atoms with Crippen LogP contribution in [0.1, 0.15) is 11.1 Å². The van der Waals surface area contributed by atoms with Crippen LogP contribution < -0.4 is 14.9 Å². The Kier molecular flexibility index (Phi) is 5.91. The van der Waals surface area contributed by atoms with Gasteiger partial charge in [0.05, 0.1) is 18.1 Å². The van der Waals surface area contributed by atoms with E-state index in [9.17, 15) is 9.90 Å². The molecule has 0 atom stereocenters. The predicted octanol–water partition coefficient (Wildman–Crippen LogP) is 4.93. The van der Waals surface area contributed by atoms with E-state index in [0.717, 1.165) is 5.56 Å². The van der Waals surface area contributed by atoms with Gasteiger partial charge in [-0.25, -0.2) is 0 Å². The highest BCUT2D eigenvalue weighted by Gasteiger charge is 2.17. The average molecular weight is 417 g/mol. The molecular weight excluding hydrogens is 394 g/mol. The van der Waals surface area contributed by atoms with Crippen LogP contribution in [0.5, 0.6) is 23.0 Å². The van der Waals surface area contributed by atoms with E-state index in [2.05, 4.69) is 0 Å². The molecule has 1 N–H and O–H groups in total. The molecule has 0 saturated heterocycles. The number of rotatable bonds is 7. The molecule has 0 saturated carbocycles. The van der Waals surface area contributed by atoms with Crippen molar-refractivity contribution in [2.45, 2.75) is 13.1 Å². The number of hydrogen-bond acceptors (Lipinski definition) is 6. The lowest BCUT2D eigenvalue weighted by Gasteiger charge is -2.18. The average Bonchev–Trinajstić information content (AvgIpc) is 2.78. The summed E-state index contributed by atoms with van der Waals surface area (Å²) >= 11 is 0. The molecule has 6 heteroatoms. The fraction of sp³-hybridized carbons (Fsp3) is 0.160. The highest BCUT2D eigenvalue weighted by Crippen LogP contribution is 2.32. The number of hydrogen-bond donors (Lipinski definition) is 1. The summed E-state index contributed by atoms with van der Waals surface area (Å²) in [5.41, 5.74) is 1.73. The normalized spacial score (nSPS) is 11.1. The molecule has 31 heavy (non-hydrogen) atoms. The molecule has 4 aromatic rings. The summed E-state index contributed by atoms with van der Waals surface area (Å²) in [6, 6.07) is 20.2. The zero-order chi connectivity index (χ0) is 21.8. The Morgan fingerprint density at radius 1 is 0.903 bits per heavy atom. The zero-order valence-electron chi connectivity index (χ0n) is 17.4. The van der Waals surface area contributed by atoms with Crippen LogP contribution >= 0.6 is 0 Å². The van der Waals surface area contributed by atoms with Crippen molar-refractivity contribution in [1.82, 2.24) is 4.90 Å². The minimum atomic E-state index is -0.320. The summed E-state index contributed by atoms with van der Waals surface area (Å²) in [6.45, 7) is 1.10. The molecule has 0 amide bonds. The van der Waals surface area contributed by atoms with Crippen molar-refractivity contribution >= 4 is 11.0 Å². The number of fused-ring (bicyclic) bond motifs is 1. The number of benzene rings is 3. The fourth-order valence-corrected chi connectivity index (χ4v) is 3.50. The Balaban J connectivity index is 1.66. The number of para-hydroxylation sites is 2. The maximum Gasteiger partial charge on any atom is 0.235 e. The first-order chi connectivity index (χ1) is 15.1. The number of phenolic OH excluding ortho intramolecular Hbond substituents is 1. The Hall–Kier alpha value is -3.77. The minimum absolute atomic E-state index is 0.0475. The van der Waals surface area contributed by atoms with Gasteiger partial charge in [-0.3, -0.25) is 9.69 Å². The summed E-state index contributed by atoms with van der Waals surface area (Å²) in [7, 11) is 3.48. The van der Waals surface area contributed by atoms with Gasteiger partial charge in [0.15, 0.2) is 11.5 Å². The Labute approximate surface area is 179 Å². The van der Waals surface area contributed by atoms with E-state index < -0.39 is 0 Å². The molecule has 3 aromatic carbocycles. The van der Waals surface area contributed by atoms with Crippen LogP contribution in [-0.4, -0.2) is 24.2 Å². The van der Waals surface area contributed by atoms with Crippen molar-refractivity contribution in [1.29, 1.82) is 0 Å². The van der Waals surface area contributed by atoms with Gasteiger partial charge in [0, 0.05) is 13.1 Å². The van der Waals surface area contributed by atoms with Gasteiger partial charge < -0.3 is 19.0 Å². The minimum Gasteiger partial charge on any atom is -0.507 e. The first kappa shape index (κ1) is 20.5. The topological polar surface area (TPSA) is 72.1 Å². The van der Waals surface area contributed by atoms with E-state index in [1.807, 2.05) is 48.3 Å². The van der Waals surface area contributed by atoms with Gasteiger partial charge in [-0.1, -0.05) is 42.5 Å². The van der Waals surface area contributed by atoms with Gasteiger partial charge in [0.25, 0.3) is 0 Å². The SMILES string of the molecule is COc1ccccc1Oc1coc2c(CN(C)Cc3ccccc3)c(O)ccc2c1=O. The van der Waals surface area contributed by atoms with Crippen molar-refractivity contribution < 1.29 is 19.0 Å². The zero-order valence-corrected chi connectivity index (χ0v) is 17.4. The predicted molar refractivity (Wildman–Crippen MR) is 119 cm³/mol. The van der Waals surface area contributed by atoms with E-state index in [0.29, 0.717) is 41.1 Å². The summed E-state index contributed by atoms with van der Waals surface area (Å²) in [4.78, 5) is 15.1. The highest BCUT2D eigenvalue weighted by molar-refractivity contribution is 5.83. The van der Waals surface area contributed by atoms with Crippen LogP contribution in [0.2, 0.25) is 0 Å². The maximum atomic E-state index is 13.1. The first-order valence-corrected chi connectivity index (χ1v) is 9.86. The van der Waals surface area contributed by atoms with Crippen LogP contribution in [0.4, 0.5) is 0 Å². The highest BCUT2D eigenvalue weighted by atomic mass is 16.5. The molecule has 0 aliphatic rings. The lowest BCUT2D eigenvalue weighted by molar-refractivity contribution is 0.312. The van der Waals surface area contributed by atoms with Crippen LogP contribution in [0.3, 0.4) is 0 Å². The number of ether oxygens (including phenoxy) is 2. The van der Waals surface area contributed by atoms with Crippen LogP contribution in [0.25, 0.3) is 11.0 Å². The molecule has 0 aliphatic heterocycles. The molecule has 158 valence electrons. The molecule has 0 radical (unpaired) electrons. The number of aromatic hydroxyl groups is 1. The van der Waals surface area contributed by atoms with Crippen molar-refractivity contribution in [3.63, 3.8) is 0 Å². The van der Waals surface area contributed by atoms with Gasteiger partial charge in [0.1, 0.15) is 17.6 Å². The van der Waals surface area contributed by atoms with E-state index in [1.165, 1.54) is 19.4 Å². The van der Waals surface area contributed by atoms with Crippen LogP contribution in [0, 0.1) is 0 Å². The molecule has 1 aromatic heterocycles. The molecule has 1 heterocycles. The van der Waals surface area contributed by atoms with E-state index in [-0.39, 0.29) is 16.9 Å². The van der Waals surface area contributed by atoms with Crippen molar-refractivity contribution in [3.8, 4) is 23.0 Å². The molecular formula is C25H23NO5. The number of nitrogens with zero attached hydrogens (tertiary/aromatic N) is 1. The van der Waals surface area contributed by atoms with Gasteiger partial charge in [-0.2, -0.15) is 0 Å². The first-order valence-electron chi connectivity index (χ1n) is 9.86. The largest absolute Gasteiger partial charge is 0.507 e. The fourth-order valence-electron chi connectivity index (χ4n) is 3.50. The summed E-state index contributed by atoms with van der Waals surface area (Å²) in [6.07, 6.45) is 1.28. The molecule has 0 bridgehead atoms. The molecule has 0 spiro atoms. The van der Waals surface area contributed by atoms with Gasteiger partial charge in [0.2, 0.25) is 11.2 Å². The quantitative estimate of drug-likeness (QED) is 0.460. The van der Waals surface area contributed by atoms with Gasteiger partial charge in [-0.15, -0.1) is 0 Å². The smallest absolute Gasteiger partial charge is 0.235 e. The van der Waals surface area contributed by atoms with Crippen molar-refractivity contribution in [3.05, 3.63) is 94.3 Å². The van der Waals surface area contributed by atoms with Crippen LogP contribution in [0.15, 0.2) is 82.2 Å². The standard InChI is InChI=1S/C25H23NO5/c1-26(14-17-8-4-3-5-9-17)15-19-20(27)13-12-18-24(28)23(16-30-25(18)19)31-22-11-7-6-10-21(22)29-2/h3-13,16,27H,14-15H2,1-2H3. The van der Waals surface area contributed by atoms with Crippen LogP contribution in [-0.2, 0) is 13.1 Å². The summed E-state index contributed by atoms with van der Waals surface area (Å²) in [5, 5.41) is 10.8. The summed E-state index contributed by atoms with van der Waals surface area (Å²) < 4.78 is 16.8. The van der Waals surface area contributed by atoms with E-state index in [1.54, 1.807) is 24.3 Å². The monoisotopic (exact) mass is 417 g/mol. The molecule has 0 unspecified atom stereocenters. The lowest BCUT2D eigenvalue weighted by Crippen LogP contribution is -2.18. The maximum absolute atomic E-state index is 13.1. The second-order valence-electron chi connectivity index (χ2n) is 7.28. The Bertz CT molecular complexity index is 1250. The van der Waals surface area contributed by atoms with Crippen molar-refractivity contribution in [2.24, 2.45) is 0 Å². The van der Waals surface area contributed by atoms with E-state index >= 15 is 0 Å². The third-order valence-electron chi connectivity index (χ3n) is 5.00. The van der Waals surface area contributed by atoms with Gasteiger partial charge in [-0.05, 0) is 36.9 Å². The van der Waals surface area contributed by atoms with E-state index in [4.69, 9.17) is 13.9 Å². The second-order valence-corrected chi connectivity index (χ2v) is 7.28. The lowest BCUT2D eigenvalue weighted by atomic mass is 10.1. The molecule has 6 nitrogen and oxygen atoms in total. The molecule has 0 fully saturated rings. The third kappa shape index (κ3) is 4.39. The van der Waals surface area contributed by atoms with Crippen molar-refractivity contribution in [2.75, 3.05) is 14.2 Å². The molecule has 4 rings (SSSR count). The number of methoxy groups -OCH3 is 1. The Morgan fingerprint density at radius 2 is 1.61 bits per heavy atom. The van der Waals surface area contributed by atoms with Gasteiger partial charge >= 0.3 is 0 Å². The Morgan fingerprint density at radius 3 is 2.35 bits per heavy atom.